The number of hydrogen-bond donors (Lipinski definition) is 1. The van der Waals surface area contributed by atoms with Gasteiger partial charge in [0.15, 0.2) is 0 Å². The Morgan fingerprint density at radius 1 is 1.16 bits per heavy atom. The average molecular weight is 361 g/mol. The molecule has 1 heterocycles. The number of aryl methyl sites for hydroxylation is 1. The van der Waals surface area contributed by atoms with Gasteiger partial charge in [0.2, 0.25) is 5.91 Å². The second-order valence-corrected chi connectivity index (χ2v) is 8.32. The molecule has 1 aliphatic heterocycles. The lowest BCUT2D eigenvalue weighted by molar-refractivity contribution is -0.137. The minimum Gasteiger partial charge on any atom is -0.347 e. The second kappa shape index (κ2) is 6.64. The van der Waals surface area contributed by atoms with Gasteiger partial charge in [-0.3, -0.25) is 9.59 Å². The number of carbonyl (C=O) groups is 2. The number of amides is 2. The van der Waals surface area contributed by atoms with Crippen LogP contribution in [0.25, 0.3) is 0 Å². The first-order chi connectivity index (χ1) is 12.0. The smallest absolute Gasteiger partial charge is 0.251 e. The SMILES string of the molecule is Cc1cc(C(=O)N[C@H]2CN(C(=O)C3CCC3)C[C@@H]2C2CC2)ccc1Cl. The van der Waals surface area contributed by atoms with E-state index < -0.39 is 0 Å². The van der Waals surface area contributed by atoms with Crippen molar-refractivity contribution in [3.8, 4) is 0 Å². The van der Waals surface area contributed by atoms with Crippen LogP contribution in [0.15, 0.2) is 18.2 Å². The Morgan fingerprint density at radius 2 is 1.92 bits per heavy atom. The van der Waals surface area contributed by atoms with E-state index in [1.807, 2.05) is 17.9 Å². The largest absolute Gasteiger partial charge is 0.347 e. The van der Waals surface area contributed by atoms with Gasteiger partial charge in [0.05, 0.1) is 6.04 Å². The van der Waals surface area contributed by atoms with Crippen molar-refractivity contribution in [3.05, 3.63) is 34.3 Å². The number of nitrogens with zero attached hydrogens (tertiary/aromatic N) is 1. The van der Waals surface area contributed by atoms with Crippen LogP contribution in [0.3, 0.4) is 0 Å². The monoisotopic (exact) mass is 360 g/mol. The van der Waals surface area contributed by atoms with Gasteiger partial charge >= 0.3 is 0 Å². The Morgan fingerprint density at radius 3 is 2.52 bits per heavy atom. The summed E-state index contributed by atoms with van der Waals surface area (Å²) in [6.07, 6.45) is 5.69. The van der Waals surface area contributed by atoms with Crippen LogP contribution in [0.2, 0.25) is 5.02 Å². The quantitative estimate of drug-likeness (QED) is 0.894. The van der Waals surface area contributed by atoms with Crippen molar-refractivity contribution in [3.63, 3.8) is 0 Å². The lowest BCUT2D eigenvalue weighted by atomic mass is 9.84. The number of nitrogens with one attached hydrogen (secondary N) is 1. The van der Waals surface area contributed by atoms with E-state index >= 15 is 0 Å². The molecule has 0 aromatic heterocycles. The number of benzene rings is 1. The maximum absolute atomic E-state index is 12.7. The van der Waals surface area contributed by atoms with E-state index in [4.69, 9.17) is 11.6 Å². The number of carbonyl (C=O) groups excluding carboxylic acids is 2. The Labute approximate surface area is 153 Å². The first kappa shape index (κ1) is 16.9. The molecule has 1 saturated heterocycles. The molecule has 2 aliphatic carbocycles. The zero-order valence-electron chi connectivity index (χ0n) is 14.6. The number of halogens is 1. The summed E-state index contributed by atoms with van der Waals surface area (Å²) in [4.78, 5) is 27.3. The molecular weight excluding hydrogens is 336 g/mol. The molecule has 3 aliphatic rings. The van der Waals surface area contributed by atoms with Crippen molar-refractivity contribution < 1.29 is 9.59 Å². The van der Waals surface area contributed by atoms with Crippen molar-refractivity contribution in [2.24, 2.45) is 17.8 Å². The standard InChI is InChI=1S/C20H25ClN2O2/c1-12-9-15(7-8-17(12)21)19(24)22-18-11-23(10-16(18)13-5-6-13)20(25)14-3-2-4-14/h7-9,13-14,16,18H,2-6,10-11H2,1H3,(H,22,24)/t16-,18+/m1/s1. The van der Waals surface area contributed by atoms with Gasteiger partial charge in [-0.05, 0) is 62.3 Å². The third kappa shape index (κ3) is 3.41. The van der Waals surface area contributed by atoms with Gasteiger partial charge in [0.25, 0.3) is 5.91 Å². The molecule has 0 unspecified atom stereocenters. The van der Waals surface area contributed by atoms with Crippen LogP contribution >= 0.6 is 11.6 Å². The summed E-state index contributed by atoms with van der Waals surface area (Å²) in [5, 5.41) is 3.87. The van der Waals surface area contributed by atoms with Crippen LogP contribution in [0.4, 0.5) is 0 Å². The summed E-state index contributed by atoms with van der Waals surface area (Å²) in [5.74, 6) is 1.54. The summed E-state index contributed by atoms with van der Waals surface area (Å²) >= 11 is 6.06. The minimum atomic E-state index is -0.0617. The first-order valence-electron chi connectivity index (χ1n) is 9.38. The van der Waals surface area contributed by atoms with Crippen molar-refractivity contribution in [1.29, 1.82) is 0 Å². The molecule has 1 N–H and O–H groups in total. The van der Waals surface area contributed by atoms with Gasteiger partial charge < -0.3 is 10.2 Å². The summed E-state index contributed by atoms with van der Waals surface area (Å²) < 4.78 is 0. The summed E-state index contributed by atoms with van der Waals surface area (Å²) in [7, 11) is 0. The molecule has 4 nitrogen and oxygen atoms in total. The van der Waals surface area contributed by atoms with Crippen molar-refractivity contribution in [2.75, 3.05) is 13.1 Å². The molecule has 1 aromatic rings. The molecule has 3 fully saturated rings. The molecule has 25 heavy (non-hydrogen) atoms. The second-order valence-electron chi connectivity index (χ2n) is 7.92. The van der Waals surface area contributed by atoms with Crippen molar-refractivity contribution in [1.82, 2.24) is 10.2 Å². The van der Waals surface area contributed by atoms with Crippen LogP contribution in [0, 0.1) is 24.7 Å². The van der Waals surface area contributed by atoms with Gasteiger partial charge in [0.1, 0.15) is 0 Å². The van der Waals surface area contributed by atoms with Crippen molar-refractivity contribution in [2.45, 2.75) is 45.1 Å². The molecular formula is C20H25ClN2O2. The number of likely N-dealkylation sites (tertiary alicyclic amines) is 1. The highest BCUT2D eigenvalue weighted by Gasteiger charge is 2.45. The van der Waals surface area contributed by atoms with E-state index in [0.29, 0.717) is 34.9 Å². The van der Waals surface area contributed by atoms with Crippen LogP contribution in [-0.2, 0) is 4.79 Å². The minimum absolute atomic E-state index is 0.0617. The highest BCUT2D eigenvalue weighted by atomic mass is 35.5. The molecule has 1 aromatic carbocycles. The molecule has 2 saturated carbocycles. The van der Waals surface area contributed by atoms with E-state index in [9.17, 15) is 9.59 Å². The summed E-state index contributed by atoms with van der Waals surface area (Å²) in [6.45, 7) is 3.38. The third-order valence-corrected chi connectivity index (χ3v) is 6.52. The van der Waals surface area contributed by atoms with E-state index in [-0.39, 0.29) is 17.9 Å². The predicted octanol–water partition coefficient (Wildman–Crippen LogP) is 3.42. The molecule has 0 spiro atoms. The fraction of sp³-hybridized carbons (Fsp3) is 0.600. The Balaban J connectivity index is 1.44. The fourth-order valence-electron chi connectivity index (χ4n) is 4.11. The lowest BCUT2D eigenvalue weighted by Gasteiger charge is -2.29. The Bertz CT molecular complexity index is 697. The molecule has 2 amide bonds. The van der Waals surface area contributed by atoms with Gasteiger partial charge in [-0.1, -0.05) is 18.0 Å². The van der Waals surface area contributed by atoms with Gasteiger partial charge in [0, 0.05) is 35.5 Å². The van der Waals surface area contributed by atoms with Gasteiger partial charge in [-0.25, -0.2) is 0 Å². The predicted molar refractivity (Wildman–Crippen MR) is 97.6 cm³/mol. The normalized spacial score (nSPS) is 26.4. The van der Waals surface area contributed by atoms with Crippen LogP contribution in [-0.4, -0.2) is 35.8 Å². The van der Waals surface area contributed by atoms with Crippen LogP contribution in [0.5, 0.6) is 0 Å². The molecule has 2 atom stereocenters. The topological polar surface area (TPSA) is 49.4 Å². The van der Waals surface area contributed by atoms with Crippen LogP contribution in [0.1, 0.15) is 48.0 Å². The first-order valence-corrected chi connectivity index (χ1v) is 9.76. The van der Waals surface area contributed by atoms with Crippen molar-refractivity contribution >= 4 is 23.4 Å². The Hall–Kier alpha value is -1.55. The zero-order chi connectivity index (χ0) is 17.6. The van der Waals surface area contributed by atoms with E-state index in [0.717, 1.165) is 24.9 Å². The average Bonchev–Trinajstić information content (AvgIpc) is 3.29. The van der Waals surface area contributed by atoms with E-state index in [2.05, 4.69) is 5.32 Å². The highest BCUT2D eigenvalue weighted by Crippen LogP contribution is 2.42. The lowest BCUT2D eigenvalue weighted by Crippen LogP contribution is -2.42. The maximum Gasteiger partial charge on any atom is 0.251 e. The fourth-order valence-corrected chi connectivity index (χ4v) is 4.23. The zero-order valence-corrected chi connectivity index (χ0v) is 15.4. The molecule has 0 bridgehead atoms. The van der Waals surface area contributed by atoms with E-state index in [1.54, 1.807) is 12.1 Å². The van der Waals surface area contributed by atoms with Gasteiger partial charge in [-0.2, -0.15) is 0 Å². The van der Waals surface area contributed by atoms with Gasteiger partial charge in [-0.15, -0.1) is 0 Å². The van der Waals surface area contributed by atoms with Crippen LogP contribution < -0.4 is 5.32 Å². The summed E-state index contributed by atoms with van der Waals surface area (Å²) in [6, 6.07) is 5.43. The molecule has 0 radical (unpaired) electrons. The third-order valence-electron chi connectivity index (χ3n) is 6.10. The maximum atomic E-state index is 12.7. The highest BCUT2D eigenvalue weighted by molar-refractivity contribution is 6.31. The Kier molecular flexibility index (Phi) is 4.48. The summed E-state index contributed by atoms with van der Waals surface area (Å²) in [5.41, 5.74) is 1.54. The number of hydrogen-bond acceptors (Lipinski definition) is 2. The molecule has 134 valence electrons. The van der Waals surface area contributed by atoms with E-state index in [1.165, 1.54) is 19.3 Å². The number of rotatable bonds is 4. The molecule has 4 rings (SSSR count). The molecule has 5 heteroatoms.